The van der Waals surface area contributed by atoms with Crippen LogP contribution in [0.1, 0.15) is 40.3 Å². The first-order valence-electron chi connectivity index (χ1n) is 14.5. The fourth-order valence-electron chi connectivity index (χ4n) is 5.19. The highest BCUT2D eigenvalue weighted by Crippen LogP contribution is 2.45. The number of aliphatic hydroxyl groups excluding tert-OH is 1. The molecule has 0 saturated heterocycles. The molecule has 4 aromatic rings. The van der Waals surface area contributed by atoms with Crippen LogP contribution < -0.4 is 10.1 Å². The first-order chi connectivity index (χ1) is 22.3. The molecule has 0 radical (unpaired) electrons. The van der Waals surface area contributed by atoms with Gasteiger partial charge in [-0.2, -0.15) is 0 Å². The summed E-state index contributed by atoms with van der Waals surface area (Å²) in [6.07, 6.45) is -0.430. The standard InChI is InChI=1S/C34H30Cl2FN5O4/c35-26-10-15-29(30(36)18-26)31-34(19-24-4-1-2-5-25(24)21-40-42-38,33(44)39-20-22-6-11-27(37)12-7-22)41-32(46-31)23-8-13-28(14-9-23)45-17-3-16-43/h1-2,4-15,18,31,43H,3,16-17,19-21H2,(H,39,44)/t31-,34-/m1/s1. The topological polar surface area (TPSA) is 129 Å². The minimum atomic E-state index is -1.59. The lowest BCUT2D eigenvalue weighted by Gasteiger charge is -2.32. The number of carbonyl (C=O) groups is 1. The number of hydrogen-bond donors (Lipinski definition) is 2. The first kappa shape index (κ1) is 32.8. The maximum absolute atomic E-state index is 14.5. The Bertz CT molecular complexity index is 1760. The molecule has 2 N–H and O–H groups in total. The van der Waals surface area contributed by atoms with Gasteiger partial charge >= 0.3 is 0 Å². The van der Waals surface area contributed by atoms with Crippen molar-refractivity contribution in [1.82, 2.24) is 5.32 Å². The van der Waals surface area contributed by atoms with E-state index in [0.717, 1.165) is 11.1 Å². The molecule has 0 bridgehead atoms. The van der Waals surface area contributed by atoms with E-state index in [1.807, 2.05) is 24.3 Å². The summed E-state index contributed by atoms with van der Waals surface area (Å²) in [5, 5.41) is 16.5. The number of aliphatic imine (C=N–C) groups is 1. The van der Waals surface area contributed by atoms with Crippen LogP contribution in [0.15, 0.2) is 101 Å². The van der Waals surface area contributed by atoms with Crippen molar-refractivity contribution < 1.29 is 23.8 Å². The predicted molar refractivity (Wildman–Crippen MR) is 174 cm³/mol. The highest BCUT2D eigenvalue weighted by molar-refractivity contribution is 6.35. The van der Waals surface area contributed by atoms with E-state index in [-0.39, 0.29) is 37.8 Å². The zero-order valence-corrected chi connectivity index (χ0v) is 26.1. The maximum atomic E-state index is 14.5. The zero-order chi connectivity index (χ0) is 32.5. The number of nitrogens with zero attached hydrogens (tertiary/aromatic N) is 4. The van der Waals surface area contributed by atoms with Crippen LogP contribution in [0.5, 0.6) is 5.75 Å². The SMILES string of the molecule is [N-]=[N+]=NCc1ccccc1C[C@@]1(C(=O)NCc2ccc(F)cc2)N=C(c2ccc(OCCCO)cc2)O[C@@H]1c1ccc(Cl)cc1Cl. The summed E-state index contributed by atoms with van der Waals surface area (Å²) in [4.78, 5) is 22.4. The van der Waals surface area contributed by atoms with E-state index in [1.54, 1.807) is 54.6 Å². The molecule has 0 spiro atoms. The number of amides is 1. The molecule has 236 valence electrons. The van der Waals surface area contributed by atoms with E-state index in [0.29, 0.717) is 45.5 Å². The van der Waals surface area contributed by atoms with Crippen LogP contribution >= 0.6 is 23.2 Å². The average molecular weight is 663 g/mol. The highest BCUT2D eigenvalue weighted by atomic mass is 35.5. The molecule has 46 heavy (non-hydrogen) atoms. The number of azide groups is 1. The molecule has 1 aliphatic rings. The van der Waals surface area contributed by atoms with Crippen LogP contribution in [0.4, 0.5) is 4.39 Å². The quantitative estimate of drug-likeness (QED) is 0.0664. The number of halogens is 3. The fourth-order valence-corrected chi connectivity index (χ4v) is 5.70. The van der Waals surface area contributed by atoms with Gasteiger partial charge < -0.3 is 19.9 Å². The van der Waals surface area contributed by atoms with Crippen molar-refractivity contribution in [3.05, 3.63) is 145 Å². The molecule has 4 aromatic carbocycles. The predicted octanol–water partition coefficient (Wildman–Crippen LogP) is 7.52. The normalized spacial score (nSPS) is 17.0. The first-order valence-corrected chi connectivity index (χ1v) is 15.2. The molecule has 12 heteroatoms. The molecule has 0 unspecified atom stereocenters. The molecule has 9 nitrogen and oxygen atoms in total. The Labute approximate surface area is 275 Å². The lowest BCUT2D eigenvalue weighted by Crippen LogP contribution is -2.50. The van der Waals surface area contributed by atoms with Crippen LogP contribution in [-0.2, 0) is 29.0 Å². The van der Waals surface area contributed by atoms with Gasteiger partial charge in [0, 0.05) is 52.1 Å². The lowest BCUT2D eigenvalue weighted by molar-refractivity contribution is -0.129. The monoisotopic (exact) mass is 661 g/mol. The molecule has 2 atom stereocenters. The Morgan fingerprint density at radius 2 is 1.80 bits per heavy atom. The number of hydrogen-bond acceptors (Lipinski definition) is 6. The molecule has 0 saturated carbocycles. The second kappa shape index (κ2) is 15.1. The number of aliphatic hydroxyl groups is 1. The van der Waals surface area contributed by atoms with E-state index < -0.39 is 17.6 Å². The molecule has 0 aliphatic carbocycles. The van der Waals surface area contributed by atoms with Gasteiger partial charge in [0.05, 0.1) is 13.2 Å². The van der Waals surface area contributed by atoms with Crippen LogP contribution in [0, 0.1) is 5.82 Å². The van der Waals surface area contributed by atoms with Crippen molar-refractivity contribution in [1.29, 1.82) is 0 Å². The van der Waals surface area contributed by atoms with E-state index in [4.69, 9.17) is 48.3 Å². The Balaban J connectivity index is 1.61. The fraction of sp³-hybridized carbons (Fsp3) is 0.235. The summed E-state index contributed by atoms with van der Waals surface area (Å²) in [6.45, 7) is 0.556. The van der Waals surface area contributed by atoms with E-state index >= 15 is 0 Å². The third kappa shape index (κ3) is 7.61. The Morgan fingerprint density at radius 3 is 2.50 bits per heavy atom. The van der Waals surface area contributed by atoms with E-state index in [2.05, 4.69) is 15.3 Å². The second-order valence-corrected chi connectivity index (χ2v) is 11.4. The van der Waals surface area contributed by atoms with Gasteiger partial charge in [-0.05, 0) is 70.8 Å². The molecular weight excluding hydrogens is 632 g/mol. The summed E-state index contributed by atoms with van der Waals surface area (Å²) in [5.74, 6) is -0.0278. The third-order valence-electron chi connectivity index (χ3n) is 7.52. The minimum Gasteiger partial charge on any atom is -0.494 e. The highest BCUT2D eigenvalue weighted by Gasteiger charge is 2.54. The van der Waals surface area contributed by atoms with Gasteiger partial charge in [0.15, 0.2) is 11.6 Å². The molecular formula is C34H30Cl2FN5O4. The summed E-state index contributed by atoms with van der Waals surface area (Å²) in [6, 6.07) is 25.2. The number of ether oxygens (including phenoxy) is 2. The maximum Gasteiger partial charge on any atom is 0.252 e. The molecule has 5 rings (SSSR count). The molecule has 1 aliphatic heterocycles. The van der Waals surface area contributed by atoms with Crippen molar-refractivity contribution in [3.63, 3.8) is 0 Å². The molecule has 1 heterocycles. The van der Waals surface area contributed by atoms with E-state index in [1.165, 1.54) is 12.1 Å². The van der Waals surface area contributed by atoms with Crippen molar-refractivity contribution in [2.45, 2.75) is 37.6 Å². The van der Waals surface area contributed by atoms with Gasteiger partial charge in [-0.25, -0.2) is 9.38 Å². The van der Waals surface area contributed by atoms with E-state index in [9.17, 15) is 9.18 Å². The van der Waals surface area contributed by atoms with Crippen LogP contribution in [0.2, 0.25) is 10.0 Å². The Hall–Kier alpha value is -4.60. The van der Waals surface area contributed by atoms with Gasteiger partial charge in [0.2, 0.25) is 5.90 Å². The van der Waals surface area contributed by atoms with Gasteiger partial charge in [-0.3, -0.25) is 4.79 Å². The number of benzene rings is 4. The average Bonchev–Trinajstić information content (AvgIpc) is 3.44. The van der Waals surface area contributed by atoms with Crippen molar-refractivity contribution in [3.8, 4) is 5.75 Å². The minimum absolute atomic E-state index is 0.0225. The number of rotatable bonds is 13. The van der Waals surface area contributed by atoms with Crippen molar-refractivity contribution >= 4 is 35.0 Å². The van der Waals surface area contributed by atoms with Gasteiger partial charge in [-0.15, -0.1) is 0 Å². The largest absolute Gasteiger partial charge is 0.494 e. The molecule has 0 aromatic heterocycles. The van der Waals surface area contributed by atoms with Gasteiger partial charge in [0.1, 0.15) is 11.6 Å². The molecule has 0 fully saturated rings. The summed E-state index contributed by atoms with van der Waals surface area (Å²) in [7, 11) is 0. The van der Waals surface area contributed by atoms with Gasteiger partial charge in [0.25, 0.3) is 5.91 Å². The Kier molecular flexibility index (Phi) is 10.8. The van der Waals surface area contributed by atoms with Gasteiger partial charge in [-0.1, -0.05) is 70.8 Å². The van der Waals surface area contributed by atoms with Crippen molar-refractivity contribution in [2.24, 2.45) is 10.1 Å². The summed E-state index contributed by atoms with van der Waals surface area (Å²) >= 11 is 13.0. The molecule has 1 amide bonds. The number of carbonyl (C=O) groups excluding carboxylic acids is 1. The van der Waals surface area contributed by atoms with Crippen LogP contribution in [0.3, 0.4) is 0 Å². The number of nitrogens with one attached hydrogen (secondary N) is 1. The van der Waals surface area contributed by atoms with Crippen LogP contribution in [0.25, 0.3) is 10.4 Å². The Morgan fingerprint density at radius 1 is 1.07 bits per heavy atom. The second-order valence-electron chi connectivity index (χ2n) is 10.6. The third-order valence-corrected chi connectivity index (χ3v) is 8.09. The summed E-state index contributed by atoms with van der Waals surface area (Å²) in [5.41, 5.74) is 10.6. The van der Waals surface area contributed by atoms with Crippen molar-refractivity contribution in [2.75, 3.05) is 13.2 Å². The van der Waals surface area contributed by atoms with Crippen LogP contribution in [-0.4, -0.2) is 35.7 Å². The smallest absolute Gasteiger partial charge is 0.252 e. The lowest BCUT2D eigenvalue weighted by atomic mass is 9.80. The zero-order valence-electron chi connectivity index (χ0n) is 24.6. The summed E-state index contributed by atoms with van der Waals surface area (Å²) < 4.78 is 25.8.